The van der Waals surface area contributed by atoms with Gasteiger partial charge in [0.25, 0.3) is 11.7 Å². The molecule has 1 fully saturated rings. The van der Waals surface area contributed by atoms with Crippen LogP contribution in [0.5, 0.6) is 5.75 Å². The van der Waals surface area contributed by atoms with Crippen molar-refractivity contribution in [3.8, 4) is 5.75 Å². The van der Waals surface area contributed by atoms with Gasteiger partial charge in [0.2, 0.25) is 0 Å². The molecule has 0 bridgehead atoms. The van der Waals surface area contributed by atoms with Crippen molar-refractivity contribution in [2.24, 2.45) is 0 Å². The van der Waals surface area contributed by atoms with Crippen molar-refractivity contribution >= 4 is 34.7 Å². The molecule has 0 spiro atoms. The SMILES string of the molecule is CCN(CC)c1ccc(C2/C(=C(\O)c3cc(OC)ccc3Cl)C(=O)C(=O)N2Cc2ccc(F)cc2)cc1. The van der Waals surface area contributed by atoms with Crippen LogP contribution in [-0.2, 0) is 16.1 Å². The van der Waals surface area contributed by atoms with Crippen LogP contribution in [0.1, 0.15) is 36.6 Å². The van der Waals surface area contributed by atoms with Crippen LogP contribution in [0.15, 0.2) is 72.3 Å². The molecule has 37 heavy (non-hydrogen) atoms. The average Bonchev–Trinajstić information content (AvgIpc) is 3.16. The Morgan fingerprint density at radius 1 is 1.03 bits per heavy atom. The van der Waals surface area contributed by atoms with Crippen LogP contribution in [0, 0.1) is 5.82 Å². The summed E-state index contributed by atoms with van der Waals surface area (Å²) in [5.41, 5.74) is 2.41. The largest absolute Gasteiger partial charge is 0.507 e. The van der Waals surface area contributed by atoms with Crippen LogP contribution in [0.2, 0.25) is 5.02 Å². The summed E-state index contributed by atoms with van der Waals surface area (Å²) in [6, 6.07) is 17.1. The fourth-order valence-corrected chi connectivity index (χ4v) is 4.80. The Balaban J connectivity index is 1.86. The fourth-order valence-electron chi connectivity index (χ4n) is 4.59. The molecule has 1 atom stereocenters. The zero-order chi connectivity index (χ0) is 26.7. The number of carbonyl (C=O) groups excluding carboxylic acids is 2. The van der Waals surface area contributed by atoms with Gasteiger partial charge in [-0.2, -0.15) is 0 Å². The number of ketones is 1. The quantitative estimate of drug-likeness (QED) is 0.225. The van der Waals surface area contributed by atoms with E-state index in [0.717, 1.165) is 18.8 Å². The number of hydrogen-bond acceptors (Lipinski definition) is 5. The van der Waals surface area contributed by atoms with Gasteiger partial charge >= 0.3 is 0 Å². The summed E-state index contributed by atoms with van der Waals surface area (Å²) in [4.78, 5) is 30.2. The Bertz CT molecular complexity index is 1340. The van der Waals surface area contributed by atoms with E-state index >= 15 is 0 Å². The standard InChI is InChI=1S/C29H28ClFN2O4/c1-4-32(5-2)21-12-8-19(9-13-21)26-25(27(34)23-16-22(37-3)14-15-24(23)30)28(35)29(36)33(26)17-18-6-10-20(31)11-7-18/h6-16,26,34H,4-5,17H2,1-3H3/b27-25+. The van der Waals surface area contributed by atoms with Crippen LogP contribution < -0.4 is 9.64 Å². The Morgan fingerprint density at radius 3 is 2.27 bits per heavy atom. The molecular weight excluding hydrogens is 495 g/mol. The van der Waals surface area contributed by atoms with Gasteiger partial charge in [-0.05, 0) is 67.4 Å². The van der Waals surface area contributed by atoms with E-state index in [9.17, 15) is 19.1 Å². The monoisotopic (exact) mass is 522 g/mol. The lowest BCUT2D eigenvalue weighted by Crippen LogP contribution is -2.29. The highest BCUT2D eigenvalue weighted by Crippen LogP contribution is 2.42. The molecule has 0 aliphatic carbocycles. The van der Waals surface area contributed by atoms with Gasteiger partial charge in [0.15, 0.2) is 0 Å². The van der Waals surface area contributed by atoms with Crippen LogP contribution in [0.25, 0.3) is 5.76 Å². The summed E-state index contributed by atoms with van der Waals surface area (Å²) in [7, 11) is 1.48. The number of halogens is 2. The number of benzene rings is 3. The number of methoxy groups -OCH3 is 1. The molecule has 1 N–H and O–H groups in total. The van der Waals surface area contributed by atoms with E-state index in [4.69, 9.17) is 16.3 Å². The lowest BCUT2D eigenvalue weighted by molar-refractivity contribution is -0.140. The third kappa shape index (κ3) is 5.18. The van der Waals surface area contributed by atoms with Gasteiger partial charge in [-0.3, -0.25) is 9.59 Å². The smallest absolute Gasteiger partial charge is 0.295 e. The van der Waals surface area contributed by atoms with E-state index in [-0.39, 0.29) is 28.5 Å². The number of ether oxygens (including phenoxy) is 1. The molecule has 3 aromatic rings. The zero-order valence-electron chi connectivity index (χ0n) is 20.9. The number of likely N-dealkylation sites (tertiary alicyclic amines) is 1. The molecule has 0 aromatic heterocycles. The highest BCUT2D eigenvalue weighted by molar-refractivity contribution is 6.47. The Morgan fingerprint density at radius 2 is 1.68 bits per heavy atom. The molecule has 1 amide bonds. The highest BCUT2D eigenvalue weighted by Gasteiger charge is 2.46. The van der Waals surface area contributed by atoms with Gasteiger partial charge in [0.1, 0.15) is 17.3 Å². The number of anilines is 1. The molecule has 6 nitrogen and oxygen atoms in total. The van der Waals surface area contributed by atoms with Crippen LogP contribution in [0.4, 0.5) is 10.1 Å². The van der Waals surface area contributed by atoms with Crippen molar-refractivity contribution in [2.75, 3.05) is 25.1 Å². The lowest BCUT2D eigenvalue weighted by atomic mass is 9.94. The van der Waals surface area contributed by atoms with Gasteiger partial charge in [-0.25, -0.2) is 4.39 Å². The predicted molar refractivity (Wildman–Crippen MR) is 142 cm³/mol. The number of Topliss-reactive ketones (excluding diaryl/α,β-unsaturated/α-hetero) is 1. The van der Waals surface area contributed by atoms with Crippen molar-refractivity contribution in [1.29, 1.82) is 0 Å². The molecule has 0 saturated carbocycles. The fraction of sp³-hybridized carbons (Fsp3) is 0.241. The Kier molecular flexibility index (Phi) is 7.83. The Labute approximate surface area is 220 Å². The van der Waals surface area contributed by atoms with E-state index in [1.807, 2.05) is 24.3 Å². The zero-order valence-corrected chi connectivity index (χ0v) is 21.6. The van der Waals surface area contributed by atoms with E-state index in [1.165, 1.54) is 30.2 Å². The van der Waals surface area contributed by atoms with Crippen LogP contribution >= 0.6 is 11.6 Å². The molecule has 0 radical (unpaired) electrons. The molecular formula is C29H28ClFN2O4. The minimum Gasteiger partial charge on any atom is -0.507 e. The van der Waals surface area contributed by atoms with Crippen molar-refractivity contribution in [3.05, 3.63) is 99.8 Å². The minimum absolute atomic E-state index is 0.0515. The summed E-state index contributed by atoms with van der Waals surface area (Å²) in [6.45, 7) is 5.83. The lowest BCUT2D eigenvalue weighted by Gasteiger charge is -2.27. The molecule has 1 aliphatic heterocycles. The molecule has 1 unspecified atom stereocenters. The predicted octanol–water partition coefficient (Wildman–Crippen LogP) is 5.96. The van der Waals surface area contributed by atoms with Gasteiger partial charge < -0.3 is 19.6 Å². The maximum absolute atomic E-state index is 13.5. The van der Waals surface area contributed by atoms with Gasteiger partial charge in [0.05, 0.1) is 23.7 Å². The summed E-state index contributed by atoms with van der Waals surface area (Å²) in [6.07, 6.45) is 0. The first kappa shape index (κ1) is 26.2. The van der Waals surface area contributed by atoms with Crippen LogP contribution in [-0.4, -0.2) is 41.9 Å². The molecule has 1 aliphatic rings. The second-order valence-corrected chi connectivity index (χ2v) is 9.07. The third-order valence-electron chi connectivity index (χ3n) is 6.57. The highest BCUT2D eigenvalue weighted by atomic mass is 35.5. The van der Waals surface area contributed by atoms with Crippen molar-refractivity contribution in [2.45, 2.75) is 26.4 Å². The molecule has 8 heteroatoms. The second kappa shape index (κ2) is 11.0. The summed E-state index contributed by atoms with van der Waals surface area (Å²) >= 11 is 6.37. The normalized spacial score (nSPS) is 16.8. The molecule has 4 rings (SSSR count). The number of aliphatic hydroxyl groups excluding tert-OH is 1. The van der Waals surface area contributed by atoms with E-state index in [1.54, 1.807) is 24.3 Å². The van der Waals surface area contributed by atoms with Gasteiger partial charge in [-0.1, -0.05) is 35.9 Å². The Hall–Kier alpha value is -3.84. The summed E-state index contributed by atoms with van der Waals surface area (Å²) in [5.74, 6) is -1.94. The first-order chi connectivity index (χ1) is 17.8. The van der Waals surface area contributed by atoms with Crippen molar-refractivity contribution in [3.63, 3.8) is 0 Å². The van der Waals surface area contributed by atoms with E-state index in [0.29, 0.717) is 16.9 Å². The summed E-state index contributed by atoms with van der Waals surface area (Å²) < 4.78 is 18.8. The second-order valence-electron chi connectivity index (χ2n) is 8.66. The van der Waals surface area contributed by atoms with Gasteiger partial charge in [-0.15, -0.1) is 0 Å². The number of aliphatic hydroxyl groups is 1. The van der Waals surface area contributed by atoms with Crippen molar-refractivity contribution in [1.82, 2.24) is 4.90 Å². The average molecular weight is 523 g/mol. The van der Waals surface area contributed by atoms with Crippen LogP contribution in [0.3, 0.4) is 0 Å². The van der Waals surface area contributed by atoms with Gasteiger partial charge in [0, 0.05) is 30.9 Å². The van der Waals surface area contributed by atoms with E-state index < -0.39 is 23.5 Å². The molecule has 192 valence electrons. The first-order valence-corrected chi connectivity index (χ1v) is 12.4. The number of rotatable bonds is 8. The molecule has 1 heterocycles. The minimum atomic E-state index is -0.877. The number of hydrogen-bond donors (Lipinski definition) is 1. The topological polar surface area (TPSA) is 70.1 Å². The first-order valence-electron chi connectivity index (χ1n) is 12.0. The van der Waals surface area contributed by atoms with E-state index in [2.05, 4.69) is 18.7 Å². The molecule has 3 aromatic carbocycles. The number of nitrogens with zero attached hydrogens (tertiary/aromatic N) is 2. The number of amides is 1. The molecule has 1 saturated heterocycles. The number of carbonyl (C=O) groups is 2. The maximum atomic E-state index is 13.5. The summed E-state index contributed by atoms with van der Waals surface area (Å²) in [5, 5.41) is 11.6. The van der Waals surface area contributed by atoms with Crippen molar-refractivity contribution < 1.29 is 23.8 Å². The maximum Gasteiger partial charge on any atom is 0.295 e. The third-order valence-corrected chi connectivity index (χ3v) is 6.90.